The van der Waals surface area contributed by atoms with Crippen LogP contribution in [-0.2, 0) is 0 Å². The van der Waals surface area contributed by atoms with E-state index in [-0.39, 0.29) is 35.3 Å². The van der Waals surface area contributed by atoms with Gasteiger partial charge in [0.15, 0.2) is 0 Å². The number of nitrogens with zero attached hydrogens (tertiary/aromatic N) is 1. The summed E-state index contributed by atoms with van der Waals surface area (Å²) in [7, 11) is 0. The van der Waals surface area contributed by atoms with Crippen LogP contribution in [0.3, 0.4) is 0 Å². The van der Waals surface area contributed by atoms with Gasteiger partial charge >= 0.3 is 11.5 Å². The number of nitrogens with one attached hydrogen (secondary N) is 1. The largest absolute Gasteiger partial charge is 0.478 e. The summed E-state index contributed by atoms with van der Waals surface area (Å²) in [5, 5.41) is 11.5. The molecule has 1 aromatic heterocycles. The number of aromatic carboxylic acids is 1. The van der Waals surface area contributed by atoms with Crippen molar-refractivity contribution in [3.63, 3.8) is 0 Å². The fourth-order valence-electron chi connectivity index (χ4n) is 1.23. The monoisotopic (exact) mass is 280 g/mol. The molecular weight excluding hydrogens is 269 g/mol. The quantitative estimate of drug-likeness (QED) is 0.812. The molecule has 0 saturated heterocycles. The van der Waals surface area contributed by atoms with Crippen molar-refractivity contribution < 1.29 is 23.1 Å². The first kappa shape index (κ1) is 14.6. The number of anilines is 1. The van der Waals surface area contributed by atoms with Crippen LogP contribution in [0.4, 0.5) is 18.9 Å². The minimum Gasteiger partial charge on any atom is -0.478 e. The Morgan fingerprint density at radius 2 is 2.22 bits per heavy atom. The van der Waals surface area contributed by atoms with Crippen LogP contribution in [0.15, 0.2) is 12.3 Å². The van der Waals surface area contributed by atoms with Gasteiger partial charge in [0, 0.05) is 24.2 Å². The highest BCUT2D eigenvalue weighted by atomic mass is 32.2. The molecule has 0 atom stereocenters. The number of alkyl halides is 3. The fourth-order valence-corrected chi connectivity index (χ4v) is 1.66. The summed E-state index contributed by atoms with van der Waals surface area (Å²) in [4.78, 5) is 14.7. The molecule has 1 rings (SSSR count). The van der Waals surface area contributed by atoms with Crippen molar-refractivity contribution in [2.45, 2.75) is 12.4 Å². The Hall–Kier alpha value is -1.44. The molecule has 4 nitrogen and oxygen atoms in total. The molecule has 0 saturated carbocycles. The first-order valence-corrected chi connectivity index (χ1v) is 5.92. The zero-order valence-electron chi connectivity index (χ0n) is 9.41. The van der Waals surface area contributed by atoms with Gasteiger partial charge in [0.25, 0.3) is 0 Å². The molecule has 0 fully saturated rings. The van der Waals surface area contributed by atoms with Crippen LogP contribution in [0, 0.1) is 6.92 Å². The summed E-state index contributed by atoms with van der Waals surface area (Å²) in [6, 6.07) is 1.49. The predicted molar refractivity (Wildman–Crippen MR) is 62.9 cm³/mol. The number of carboxylic acid groups (broad SMARTS) is 1. The molecule has 1 aromatic rings. The minimum atomic E-state index is -4.27. The molecule has 1 heterocycles. The van der Waals surface area contributed by atoms with Gasteiger partial charge in [-0.15, -0.1) is 0 Å². The summed E-state index contributed by atoms with van der Waals surface area (Å²) in [5.74, 6) is -1.36. The lowest BCUT2D eigenvalue weighted by atomic mass is 10.2. The zero-order chi connectivity index (χ0) is 13.8. The summed E-state index contributed by atoms with van der Waals surface area (Å²) < 4.78 is 35.7. The molecule has 100 valence electrons. The molecule has 2 N–H and O–H groups in total. The Morgan fingerprint density at radius 1 is 1.56 bits per heavy atom. The molecule has 0 bridgehead atoms. The van der Waals surface area contributed by atoms with Crippen LogP contribution in [0.1, 0.15) is 16.1 Å². The molecule has 0 unspecified atom stereocenters. The second kappa shape index (κ2) is 5.94. The topological polar surface area (TPSA) is 62.2 Å². The van der Waals surface area contributed by atoms with Crippen LogP contribution in [0.5, 0.6) is 0 Å². The molecule has 0 aliphatic rings. The van der Waals surface area contributed by atoms with Gasteiger partial charge in [0.2, 0.25) is 0 Å². The lowest BCUT2D eigenvalue weighted by Gasteiger charge is -2.10. The Bertz CT molecular complexity index is 438. The molecule has 0 aromatic carbocycles. The van der Waals surface area contributed by atoms with Crippen molar-refractivity contribution in [3.8, 4) is 0 Å². The van der Waals surface area contributed by atoms with Gasteiger partial charge in [0.1, 0.15) is 5.56 Å². The number of carboxylic acids is 1. The van der Waals surface area contributed by atoms with E-state index in [1.807, 2.05) is 0 Å². The van der Waals surface area contributed by atoms with Gasteiger partial charge in [-0.05, 0) is 24.8 Å². The van der Waals surface area contributed by atoms with Crippen LogP contribution in [0.25, 0.3) is 0 Å². The maximum atomic E-state index is 11.9. The molecular formula is C10H11F3N2O2S. The number of aromatic nitrogens is 1. The average Bonchev–Trinajstić information content (AvgIpc) is 2.22. The molecule has 0 aliphatic carbocycles. The smallest absolute Gasteiger partial charge is 0.441 e. The van der Waals surface area contributed by atoms with E-state index < -0.39 is 11.5 Å². The number of thioether (sulfide) groups is 1. The summed E-state index contributed by atoms with van der Waals surface area (Å²) in [6.45, 7) is 1.69. The first-order valence-electron chi connectivity index (χ1n) is 4.94. The lowest BCUT2D eigenvalue weighted by Crippen LogP contribution is -2.12. The van der Waals surface area contributed by atoms with Crippen LogP contribution >= 0.6 is 11.8 Å². The van der Waals surface area contributed by atoms with Gasteiger partial charge in [-0.1, -0.05) is 0 Å². The Labute approximate surface area is 106 Å². The molecule has 0 amide bonds. The van der Waals surface area contributed by atoms with Crippen molar-refractivity contribution in [2.24, 2.45) is 0 Å². The minimum absolute atomic E-state index is 0.0217. The number of pyridine rings is 1. The van der Waals surface area contributed by atoms with Crippen molar-refractivity contribution in [2.75, 3.05) is 17.6 Å². The second-order valence-corrected chi connectivity index (χ2v) is 4.56. The summed E-state index contributed by atoms with van der Waals surface area (Å²) in [5.41, 5.74) is -3.47. The van der Waals surface area contributed by atoms with E-state index in [1.54, 1.807) is 6.92 Å². The van der Waals surface area contributed by atoms with E-state index in [1.165, 1.54) is 12.3 Å². The molecule has 8 heteroatoms. The number of carbonyl (C=O) groups is 1. The Kier molecular flexibility index (Phi) is 4.83. The maximum absolute atomic E-state index is 11.9. The maximum Gasteiger partial charge on any atom is 0.441 e. The number of aryl methyl sites for hydroxylation is 1. The van der Waals surface area contributed by atoms with Crippen molar-refractivity contribution in [3.05, 3.63) is 23.5 Å². The fraction of sp³-hybridized carbons (Fsp3) is 0.400. The summed E-state index contributed by atoms with van der Waals surface area (Å²) >= 11 is -0.154. The van der Waals surface area contributed by atoms with E-state index >= 15 is 0 Å². The number of hydrogen-bond acceptors (Lipinski definition) is 4. The highest BCUT2D eigenvalue weighted by Gasteiger charge is 2.27. The van der Waals surface area contributed by atoms with Gasteiger partial charge in [-0.3, -0.25) is 4.98 Å². The van der Waals surface area contributed by atoms with Gasteiger partial charge in [-0.25, -0.2) is 4.79 Å². The van der Waals surface area contributed by atoms with E-state index in [0.717, 1.165) is 0 Å². The van der Waals surface area contributed by atoms with Gasteiger partial charge in [-0.2, -0.15) is 13.2 Å². The first-order chi connectivity index (χ1) is 8.29. The molecule has 0 radical (unpaired) electrons. The lowest BCUT2D eigenvalue weighted by molar-refractivity contribution is -0.0327. The molecule has 0 aliphatic heterocycles. The third kappa shape index (κ3) is 4.82. The number of halogens is 3. The Morgan fingerprint density at radius 3 is 2.78 bits per heavy atom. The van der Waals surface area contributed by atoms with Crippen molar-refractivity contribution >= 4 is 23.4 Å². The highest BCUT2D eigenvalue weighted by molar-refractivity contribution is 8.00. The van der Waals surface area contributed by atoms with Crippen molar-refractivity contribution in [1.82, 2.24) is 4.98 Å². The second-order valence-electron chi connectivity index (χ2n) is 3.40. The van der Waals surface area contributed by atoms with Crippen molar-refractivity contribution in [1.29, 1.82) is 0 Å². The number of hydrogen-bond donors (Lipinski definition) is 2. The van der Waals surface area contributed by atoms with Crippen LogP contribution < -0.4 is 5.32 Å². The van der Waals surface area contributed by atoms with Gasteiger partial charge < -0.3 is 10.4 Å². The standard InChI is InChI=1S/C10H11F3N2O2S/c1-6-4-8(7(5-15-6)9(16)17)14-2-3-18-10(11,12)13/h4-5H,2-3H2,1H3,(H,14,15)(H,16,17). The predicted octanol–water partition coefficient (Wildman–Crippen LogP) is 2.75. The Balaban J connectivity index is 2.61. The highest BCUT2D eigenvalue weighted by Crippen LogP contribution is 2.29. The average molecular weight is 280 g/mol. The third-order valence-electron chi connectivity index (χ3n) is 1.95. The van der Waals surface area contributed by atoms with E-state index in [0.29, 0.717) is 5.69 Å². The third-order valence-corrected chi connectivity index (χ3v) is 2.69. The van der Waals surface area contributed by atoms with Crippen LogP contribution in [-0.4, -0.2) is 33.9 Å². The van der Waals surface area contributed by atoms with E-state index in [4.69, 9.17) is 5.11 Å². The normalized spacial score (nSPS) is 11.3. The SMILES string of the molecule is Cc1cc(NCCSC(F)(F)F)c(C(=O)O)cn1. The molecule has 0 spiro atoms. The van der Waals surface area contributed by atoms with Gasteiger partial charge in [0.05, 0.1) is 5.69 Å². The number of rotatable bonds is 5. The zero-order valence-corrected chi connectivity index (χ0v) is 10.2. The molecule has 18 heavy (non-hydrogen) atoms. The summed E-state index contributed by atoms with van der Waals surface area (Å²) in [6.07, 6.45) is 1.18. The van der Waals surface area contributed by atoms with Crippen LogP contribution in [0.2, 0.25) is 0 Å². The van der Waals surface area contributed by atoms with E-state index in [2.05, 4.69) is 10.3 Å². The van der Waals surface area contributed by atoms with E-state index in [9.17, 15) is 18.0 Å².